The molecule has 0 spiro atoms. The molecule has 6 heteroatoms. The number of ether oxygens (including phenoxy) is 1. The molecule has 1 fully saturated rings. The maximum absolute atomic E-state index is 12.8. The van der Waals surface area contributed by atoms with Gasteiger partial charge < -0.3 is 15.0 Å². The van der Waals surface area contributed by atoms with Crippen molar-refractivity contribution in [3.63, 3.8) is 0 Å². The molecule has 1 aliphatic rings. The zero-order chi connectivity index (χ0) is 21.0. The van der Waals surface area contributed by atoms with Crippen LogP contribution in [0.4, 0.5) is 5.69 Å². The molecule has 1 saturated heterocycles. The summed E-state index contributed by atoms with van der Waals surface area (Å²) in [4.78, 5) is 15.4. The smallest absolute Gasteiger partial charge is 0.259 e. The topological polar surface area (TPSA) is 59.4 Å². The highest BCUT2D eigenvalue weighted by Gasteiger charge is 2.25. The lowest BCUT2D eigenvalue weighted by molar-refractivity contribution is 0.102. The molecule has 1 aliphatic heterocycles. The van der Waals surface area contributed by atoms with E-state index in [1.54, 1.807) is 11.8 Å². The van der Waals surface area contributed by atoms with E-state index in [1.807, 2.05) is 37.5 Å². The van der Waals surface area contributed by atoms with Crippen LogP contribution in [0.15, 0.2) is 30.5 Å². The van der Waals surface area contributed by atoms with Gasteiger partial charge in [0, 0.05) is 25.5 Å². The summed E-state index contributed by atoms with van der Waals surface area (Å²) in [6.07, 6.45) is 5.00. The first kappa shape index (κ1) is 21.4. The van der Waals surface area contributed by atoms with Gasteiger partial charge in [0.05, 0.1) is 18.4 Å². The molecule has 2 heterocycles. The fourth-order valence-electron chi connectivity index (χ4n) is 4.04. The highest BCUT2D eigenvalue weighted by Crippen LogP contribution is 2.26. The molecule has 1 amide bonds. The van der Waals surface area contributed by atoms with E-state index in [2.05, 4.69) is 36.1 Å². The van der Waals surface area contributed by atoms with E-state index >= 15 is 0 Å². The summed E-state index contributed by atoms with van der Waals surface area (Å²) in [6, 6.07) is 7.37. The Balaban J connectivity index is 1.61. The molecule has 0 bridgehead atoms. The number of nitrogens with one attached hydrogen (secondary N) is 1. The van der Waals surface area contributed by atoms with Crippen LogP contribution in [0.1, 0.15) is 49.7 Å². The molecule has 3 rings (SSSR count). The van der Waals surface area contributed by atoms with Crippen LogP contribution in [0.3, 0.4) is 0 Å². The summed E-state index contributed by atoms with van der Waals surface area (Å²) in [7, 11) is 3.50. The Bertz CT molecular complexity index is 812. The van der Waals surface area contributed by atoms with E-state index in [1.165, 1.54) is 0 Å². The first-order valence-electron chi connectivity index (χ1n) is 10.4. The molecule has 0 atom stereocenters. The largest absolute Gasteiger partial charge is 0.497 e. The van der Waals surface area contributed by atoms with Gasteiger partial charge in [-0.3, -0.25) is 9.48 Å². The van der Waals surface area contributed by atoms with Crippen molar-refractivity contribution in [3.05, 3.63) is 41.7 Å². The van der Waals surface area contributed by atoms with Gasteiger partial charge in [0.15, 0.2) is 0 Å². The number of aromatic nitrogens is 2. The molecule has 1 aromatic heterocycles. The molecular formula is C23H34N4O2. The lowest BCUT2D eigenvalue weighted by atomic mass is 9.89. The number of amides is 1. The van der Waals surface area contributed by atoms with E-state index < -0.39 is 0 Å². The zero-order valence-electron chi connectivity index (χ0n) is 18.4. The standard InChI is InChI=1S/C23H34N4O2/c1-23(2,3)16-27-12-10-17(11-13-27)14-21-20(15-26(4)25-21)22(28)24-18-6-8-19(29-5)9-7-18/h6-9,15,17H,10-14,16H2,1-5H3,(H,24,28). The number of methoxy groups -OCH3 is 1. The van der Waals surface area contributed by atoms with Crippen LogP contribution in [0, 0.1) is 11.3 Å². The van der Waals surface area contributed by atoms with Gasteiger partial charge in [-0.05, 0) is 68.0 Å². The number of carbonyl (C=O) groups excluding carboxylic acids is 1. The van der Waals surface area contributed by atoms with Crippen LogP contribution in [0.25, 0.3) is 0 Å². The maximum Gasteiger partial charge on any atom is 0.259 e. The lowest BCUT2D eigenvalue weighted by Crippen LogP contribution is -2.39. The van der Waals surface area contributed by atoms with Gasteiger partial charge in [-0.25, -0.2) is 0 Å². The predicted molar refractivity (Wildman–Crippen MR) is 116 cm³/mol. The van der Waals surface area contributed by atoms with Gasteiger partial charge in [0.2, 0.25) is 0 Å². The average molecular weight is 399 g/mol. The van der Waals surface area contributed by atoms with Crippen LogP contribution in [0.5, 0.6) is 5.75 Å². The number of carbonyl (C=O) groups is 1. The second-order valence-electron chi connectivity index (χ2n) is 9.33. The summed E-state index contributed by atoms with van der Waals surface area (Å²) in [6.45, 7) is 10.3. The van der Waals surface area contributed by atoms with Crippen molar-refractivity contribution in [1.82, 2.24) is 14.7 Å². The molecule has 1 N–H and O–H groups in total. The normalized spacial score (nSPS) is 16.0. The molecular weight excluding hydrogens is 364 g/mol. The fourth-order valence-corrected chi connectivity index (χ4v) is 4.04. The Morgan fingerprint density at radius 2 is 1.86 bits per heavy atom. The number of anilines is 1. The fraction of sp³-hybridized carbons (Fsp3) is 0.565. The average Bonchev–Trinajstić information content (AvgIpc) is 3.03. The zero-order valence-corrected chi connectivity index (χ0v) is 18.4. The van der Waals surface area contributed by atoms with Crippen LogP contribution in [0.2, 0.25) is 0 Å². The molecule has 29 heavy (non-hydrogen) atoms. The van der Waals surface area contributed by atoms with Crippen LogP contribution >= 0.6 is 0 Å². The van der Waals surface area contributed by atoms with E-state index in [0.29, 0.717) is 16.9 Å². The highest BCUT2D eigenvalue weighted by atomic mass is 16.5. The van der Waals surface area contributed by atoms with E-state index in [-0.39, 0.29) is 5.91 Å². The number of piperidine rings is 1. The van der Waals surface area contributed by atoms with Gasteiger partial charge in [-0.2, -0.15) is 5.10 Å². The van der Waals surface area contributed by atoms with Gasteiger partial charge in [-0.1, -0.05) is 20.8 Å². The number of rotatable bonds is 6. The second kappa shape index (κ2) is 8.99. The molecule has 0 aliphatic carbocycles. The predicted octanol–water partition coefficient (Wildman–Crippen LogP) is 3.98. The third kappa shape index (κ3) is 6.07. The number of hydrogen-bond donors (Lipinski definition) is 1. The molecule has 0 radical (unpaired) electrons. The number of hydrogen-bond acceptors (Lipinski definition) is 4. The summed E-state index contributed by atoms with van der Waals surface area (Å²) in [5.74, 6) is 1.24. The van der Waals surface area contributed by atoms with Crippen molar-refractivity contribution < 1.29 is 9.53 Å². The first-order chi connectivity index (χ1) is 13.7. The summed E-state index contributed by atoms with van der Waals surface area (Å²) in [5.41, 5.74) is 2.65. The number of likely N-dealkylation sites (tertiary alicyclic amines) is 1. The Hall–Kier alpha value is -2.34. The summed E-state index contributed by atoms with van der Waals surface area (Å²) < 4.78 is 6.91. The van der Waals surface area contributed by atoms with Crippen LogP contribution < -0.4 is 10.1 Å². The maximum atomic E-state index is 12.8. The number of nitrogens with zero attached hydrogens (tertiary/aromatic N) is 3. The van der Waals surface area contributed by atoms with E-state index in [0.717, 1.165) is 56.0 Å². The Morgan fingerprint density at radius 3 is 2.45 bits per heavy atom. The molecule has 0 saturated carbocycles. The van der Waals surface area contributed by atoms with Gasteiger partial charge in [0.1, 0.15) is 5.75 Å². The van der Waals surface area contributed by atoms with Gasteiger partial charge in [-0.15, -0.1) is 0 Å². The molecule has 6 nitrogen and oxygen atoms in total. The SMILES string of the molecule is COc1ccc(NC(=O)c2cn(C)nc2CC2CCN(CC(C)(C)C)CC2)cc1. The van der Waals surface area contributed by atoms with Crippen molar-refractivity contribution in [2.45, 2.75) is 40.0 Å². The Labute approximate surface area is 174 Å². The van der Waals surface area contributed by atoms with Crippen molar-refractivity contribution in [2.75, 3.05) is 32.1 Å². The Kier molecular flexibility index (Phi) is 6.63. The first-order valence-corrected chi connectivity index (χ1v) is 10.4. The highest BCUT2D eigenvalue weighted by molar-refractivity contribution is 6.04. The van der Waals surface area contributed by atoms with Crippen LogP contribution in [-0.2, 0) is 13.5 Å². The van der Waals surface area contributed by atoms with Crippen molar-refractivity contribution in [3.8, 4) is 5.75 Å². The minimum atomic E-state index is -0.108. The third-order valence-corrected chi connectivity index (χ3v) is 5.38. The molecule has 0 unspecified atom stereocenters. The quantitative estimate of drug-likeness (QED) is 0.800. The molecule has 1 aromatic carbocycles. The minimum Gasteiger partial charge on any atom is -0.497 e. The van der Waals surface area contributed by atoms with Gasteiger partial charge in [0.25, 0.3) is 5.91 Å². The molecule has 2 aromatic rings. The second-order valence-corrected chi connectivity index (χ2v) is 9.33. The summed E-state index contributed by atoms with van der Waals surface area (Å²) >= 11 is 0. The van der Waals surface area contributed by atoms with E-state index in [4.69, 9.17) is 4.74 Å². The number of aryl methyl sites for hydroxylation is 1. The third-order valence-electron chi connectivity index (χ3n) is 5.38. The Morgan fingerprint density at radius 1 is 1.21 bits per heavy atom. The lowest BCUT2D eigenvalue weighted by Gasteiger charge is -2.35. The molecule has 158 valence electrons. The number of benzene rings is 1. The van der Waals surface area contributed by atoms with Crippen molar-refractivity contribution in [1.29, 1.82) is 0 Å². The van der Waals surface area contributed by atoms with E-state index in [9.17, 15) is 4.79 Å². The van der Waals surface area contributed by atoms with Crippen molar-refractivity contribution in [2.24, 2.45) is 18.4 Å². The van der Waals surface area contributed by atoms with Gasteiger partial charge >= 0.3 is 0 Å². The minimum absolute atomic E-state index is 0.108. The van der Waals surface area contributed by atoms with Crippen molar-refractivity contribution >= 4 is 11.6 Å². The monoisotopic (exact) mass is 398 g/mol. The summed E-state index contributed by atoms with van der Waals surface area (Å²) in [5, 5.41) is 7.57. The van der Waals surface area contributed by atoms with Crippen LogP contribution in [-0.4, -0.2) is 47.3 Å².